The van der Waals surface area contributed by atoms with E-state index in [9.17, 15) is 0 Å². The fourth-order valence-corrected chi connectivity index (χ4v) is 5.07. The zero-order valence-corrected chi connectivity index (χ0v) is 16.2. The van der Waals surface area contributed by atoms with Crippen molar-refractivity contribution < 1.29 is 4.74 Å². The summed E-state index contributed by atoms with van der Waals surface area (Å²) in [7, 11) is 3.99. The molecule has 4 rings (SSSR count). The van der Waals surface area contributed by atoms with Crippen LogP contribution < -0.4 is 0 Å². The Hall–Kier alpha value is -1.30. The van der Waals surface area contributed by atoms with Crippen molar-refractivity contribution in [2.75, 3.05) is 33.8 Å². The molecule has 0 bridgehead atoms. The van der Waals surface area contributed by atoms with Crippen molar-refractivity contribution in [1.82, 2.24) is 9.88 Å². The normalized spacial score (nSPS) is 28.3. The first-order valence-corrected chi connectivity index (χ1v) is 10.1. The van der Waals surface area contributed by atoms with Gasteiger partial charge in [0.15, 0.2) is 0 Å². The molecular formula is C20H27N3OS. The highest BCUT2D eigenvalue weighted by Gasteiger charge is 2.31. The SMILES string of the molecule is COC1CN(C)CCC1c1nc2cc(C3=NC[C@@H](C)CC3)ccc2s1. The average molecular weight is 358 g/mol. The summed E-state index contributed by atoms with van der Waals surface area (Å²) in [4.78, 5) is 12.1. The lowest BCUT2D eigenvalue weighted by molar-refractivity contribution is 0.0233. The highest BCUT2D eigenvalue weighted by atomic mass is 32.1. The highest BCUT2D eigenvalue weighted by molar-refractivity contribution is 7.18. The van der Waals surface area contributed by atoms with E-state index in [0.29, 0.717) is 11.8 Å². The first-order chi connectivity index (χ1) is 12.1. The summed E-state index contributed by atoms with van der Waals surface area (Å²) in [5.41, 5.74) is 3.62. The van der Waals surface area contributed by atoms with E-state index in [4.69, 9.17) is 14.7 Å². The molecule has 2 aliphatic rings. The maximum absolute atomic E-state index is 5.76. The fourth-order valence-electron chi connectivity index (χ4n) is 3.93. The van der Waals surface area contributed by atoms with Crippen LogP contribution in [0.3, 0.4) is 0 Å². The molecule has 3 atom stereocenters. The van der Waals surface area contributed by atoms with Crippen LogP contribution in [0.25, 0.3) is 10.2 Å². The van der Waals surface area contributed by atoms with E-state index < -0.39 is 0 Å². The third-order valence-corrected chi connectivity index (χ3v) is 6.76. The largest absolute Gasteiger partial charge is 0.379 e. The van der Waals surface area contributed by atoms with Crippen LogP contribution in [-0.2, 0) is 4.74 Å². The van der Waals surface area contributed by atoms with Crippen LogP contribution in [0.4, 0.5) is 0 Å². The monoisotopic (exact) mass is 357 g/mol. The third kappa shape index (κ3) is 3.50. The molecule has 134 valence electrons. The number of hydrogen-bond acceptors (Lipinski definition) is 5. The molecule has 0 saturated carbocycles. The molecule has 0 radical (unpaired) electrons. The van der Waals surface area contributed by atoms with Crippen LogP contribution in [0.15, 0.2) is 23.2 Å². The van der Waals surface area contributed by atoms with Crippen LogP contribution in [-0.4, -0.2) is 55.5 Å². The molecule has 25 heavy (non-hydrogen) atoms. The summed E-state index contributed by atoms with van der Waals surface area (Å²) in [5, 5.41) is 1.23. The molecule has 0 spiro atoms. The number of thiazole rings is 1. The Bertz CT molecular complexity index is 784. The van der Waals surface area contributed by atoms with Crippen LogP contribution in [0.2, 0.25) is 0 Å². The summed E-state index contributed by atoms with van der Waals surface area (Å²) < 4.78 is 7.03. The predicted molar refractivity (Wildman–Crippen MR) is 105 cm³/mol. The molecule has 0 aliphatic carbocycles. The van der Waals surface area contributed by atoms with E-state index in [1.54, 1.807) is 0 Å². The Kier molecular flexibility index (Phi) is 4.89. The molecule has 1 aromatic heterocycles. The minimum absolute atomic E-state index is 0.239. The summed E-state index contributed by atoms with van der Waals surface area (Å²) in [6.07, 6.45) is 3.68. The van der Waals surface area contributed by atoms with Gasteiger partial charge in [-0.25, -0.2) is 4.98 Å². The van der Waals surface area contributed by atoms with Gasteiger partial charge in [0.1, 0.15) is 0 Å². The minimum Gasteiger partial charge on any atom is -0.379 e. The van der Waals surface area contributed by atoms with Gasteiger partial charge in [0.25, 0.3) is 0 Å². The topological polar surface area (TPSA) is 37.7 Å². The van der Waals surface area contributed by atoms with Crippen molar-refractivity contribution in [3.63, 3.8) is 0 Å². The van der Waals surface area contributed by atoms with Gasteiger partial charge in [0.05, 0.1) is 21.3 Å². The zero-order valence-electron chi connectivity index (χ0n) is 15.4. The number of methoxy groups -OCH3 is 1. The molecule has 4 nitrogen and oxygen atoms in total. The average Bonchev–Trinajstić information content (AvgIpc) is 3.05. The first kappa shape index (κ1) is 17.1. The molecule has 5 heteroatoms. The van der Waals surface area contributed by atoms with Gasteiger partial charge in [0, 0.05) is 31.8 Å². The minimum atomic E-state index is 0.239. The first-order valence-electron chi connectivity index (χ1n) is 9.29. The smallest absolute Gasteiger partial charge is 0.0996 e. The van der Waals surface area contributed by atoms with E-state index in [1.807, 2.05) is 18.4 Å². The van der Waals surface area contributed by atoms with Gasteiger partial charge in [-0.15, -0.1) is 11.3 Å². The molecule has 2 aromatic rings. The number of piperidine rings is 1. The maximum atomic E-state index is 5.76. The van der Waals surface area contributed by atoms with Crippen LogP contribution in [0, 0.1) is 5.92 Å². The summed E-state index contributed by atoms with van der Waals surface area (Å²) in [5.74, 6) is 1.13. The van der Waals surface area contributed by atoms with Gasteiger partial charge >= 0.3 is 0 Å². The maximum Gasteiger partial charge on any atom is 0.0996 e. The number of benzene rings is 1. The summed E-state index contributed by atoms with van der Waals surface area (Å²) in [6, 6.07) is 6.69. The number of aliphatic imine (C=N–C) groups is 1. The Morgan fingerprint density at radius 2 is 2.16 bits per heavy atom. The number of aromatic nitrogens is 1. The molecule has 0 N–H and O–H groups in total. The van der Waals surface area contributed by atoms with E-state index in [1.165, 1.54) is 27.4 Å². The van der Waals surface area contributed by atoms with E-state index in [0.717, 1.165) is 38.0 Å². The lowest BCUT2D eigenvalue weighted by Crippen LogP contribution is -2.41. The number of likely N-dealkylation sites (N-methyl/N-ethyl adjacent to an activating group) is 1. The number of fused-ring (bicyclic) bond motifs is 1. The van der Waals surface area contributed by atoms with Crippen molar-refractivity contribution in [3.8, 4) is 0 Å². The van der Waals surface area contributed by atoms with Gasteiger partial charge in [-0.2, -0.15) is 0 Å². The lowest BCUT2D eigenvalue weighted by atomic mass is 9.94. The van der Waals surface area contributed by atoms with Crippen LogP contribution in [0.1, 0.15) is 42.7 Å². The van der Waals surface area contributed by atoms with Gasteiger partial charge < -0.3 is 9.64 Å². The molecule has 2 unspecified atom stereocenters. The number of ether oxygens (including phenoxy) is 1. The summed E-state index contributed by atoms with van der Waals surface area (Å²) >= 11 is 1.83. The van der Waals surface area contributed by atoms with Gasteiger partial charge in [-0.05, 0) is 56.5 Å². The lowest BCUT2D eigenvalue weighted by Gasteiger charge is -2.34. The van der Waals surface area contributed by atoms with Gasteiger partial charge in [-0.1, -0.05) is 13.0 Å². The Morgan fingerprint density at radius 3 is 2.92 bits per heavy atom. The molecule has 1 aromatic carbocycles. The van der Waals surface area contributed by atoms with Crippen molar-refractivity contribution in [2.45, 2.75) is 38.2 Å². The second kappa shape index (κ2) is 7.14. The van der Waals surface area contributed by atoms with E-state index in [-0.39, 0.29) is 6.10 Å². The molecular weight excluding hydrogens is 330 g/mol. The number of rotatable bonds is 3. The molecule has 1 fully saturated rings. The molecule has 0 amide bonds. The number of nitrogens with zero attached hydrogens (tertiary/aromatic N) is 3. The highest BCUT2D eigenvalue weighted by Crippen LogP contribution is 2.35. The standard InChI is InChI=1S/C20H27N3OS/c1-13-4-6-16(21-11-13)14-5-7-19-17(10-14)22-20(25-19)15-8-9-23(2)12-18(15)24-3/h5,7,10,13,15,18H,4,6,8-9,11-12H2,1-3H3/t13-,15?,18?/m0/s1. The van der Waals surface area contributed by atoms with Crippen molar-refractivity contribution in [2.24, 2.45) is 10.9 Å². The Morgan fingerprint density at radius 1 is 1.28 bits per heavy atom. The molecule has 1 saturated heterocycles. The quantitative estimate of drug-likeness (QED) is 0.835. The predicted octanol–water partition coefficient (Wildman–Crippen LogP) is 3.95. The van der Waals surface area contributed by atoms with Crippen molar-refractivity contribution in [1.29, 1.82) is 0 Å². The second-order valence-electron chi connectivity index (χ2n) is 7.60. The van der Waals surface area contributed by atoms with Gasteiger partial charge in [-0.3, -0.25) is 4.99 Å². The van der Waals surface area contributed by atoms with E-state index >= 15 is 0 Å². The van der Waals surface area contributed by atoms with Crippen LogP contribution >= 0.6 is 11.3 Å². The van der Waals surface area contributed by atoms with Gasteiger partial charge in [0.2, 0.25) is 0 Å². The Balaban J connectivity index is 1.62. The number of hydrogen-bond donors (Lipinski definition) is 0. The summed E-state index contributed by atoms with van der Waals surface area (Å²) in [6.45, 7) is 5.34. The van der Waals surface area contributed by atoms with Crippen molar-refractivity contribution >= 4 is 27.3 Å². The third-order valence-electron chi connectivity index (χ3n) is 5.59. The van der Waals surface area contributed by atoms with E-state index in [2.05, 4.69) is 37.1 Å². The fraction of sp³-hybridized carbons (Fsp3) is 0.600. The molecule has 3 heterocycles. The second-order valence-corrected chi connectivity index (χ2v) is 8.66. The van der Waals surface area contributed by atoms with Crippen molar-refractivity contribution in [3.05, 3.63) is 28.8 Å². The number of likely N-dealkylation sites (tertiary alicyclic amines) is 1. The molecule has 2 aliphatic heterocycles. The Labute approximate surface area is 153 Å². The zero-order chi connectivity index (χ0) is 17.4. The van der Waals surface area contributed by atoms with Crippen LogP contribution in [0.5, 0.6) is 0 Å².